The van der Waals surface area contributed by atoms with Crippen molar-refractivity contribution in [1.29, 1.82) is 0 Å². The zero-order chi connectivity index (χ0) is 13.9. The number of ether oxygens (including phenoxy) is 1. The molecule has 0 bridgehead atoms. The van der Waals surface area contributed by atoms with Gasteiger partial charge in [-0.3, -0.25) is 4.79 Å². The van der Waals surface area contributed by atoms with Crippen molar-refractivity contribution in [1.82, 2.24) is 9.88 Å². The van der Waals surface area contributed by atoms with E-state index in [4.69, 9.17) is 16.3 Å². The van der Waals surface area contributed by atoms with Gasteiger partial charge in [-0.2, -0.15) is 0 Å². The topological polar surface area (TPSA) is 42.4 Å². The van der Waals surface area contributed by atoms with Gasteiger partial charge in [0.25, 0.3) is 0 Å². The molecule has 1 saturated carbocycles. The average Bonchev–Trinajstić information content (AvgIpc) is 2.40. The van der Waals surface area contributed by atoms with Crippen molar-refractivity contribution >= 4 is 17.5 Å². The van der Waals surface area contributed by atoms with Crippen LogP contribution in [-0.4, -0.2) is 35.0 Å². The molecular weight excluding hydrogens is 276 g/mol. The minimum atomic E-state index is 0.104. The first-order chi connectivity index (χ1) is 9.74. The zero-order valence-corrected chi connectivity index (χ0v) is 12.2. The van der Waals surface area contributed by atoms with E-state index < -0.39 is 0 Å². The summed E-state index contributed by atoms with van der Waals surface area (Å²) in [6.07, 6.45) is 6.83. The van der Waals surface area contributed by atoms with Gasteiger partial charge in [0.15, 0.2) is 0 Å². The zero-order valence-electron chi connectivity index (χ0n) is 11.4. The fourth-order valence-electron chi connectivity index (χ4n) is 2.72. The summed E-state index contributed by atoms with van der Waals surface area (Å²) in [5.41, 5.74) is 0. The van der Waals surface area contributed by atoms with Crippen LogP contribution in [0.2, 0.25) is 5.02 Å². The molecule has 1 aliphatic carbocycles. The van der Waals surface area contributed by atoms with Gasteiger partial charge < -0.3 is 9.64 Å². The summed E-state index contributed by atoms with van der Waals surface area (Å²) in [5.74, 6) is 1.13. The number of rotatable bonds is 3. The van der Waals surface area contributed by atoms with Crippen molar-refractivity contribution in [3.8, 4) is 5.88 Å². The van der Waals surface area contributed by atoms with Gasteiger partial charge >= 0.3 is 0 Å². The highest BCUT2D eigenvalue weighted by molar-refractivity contribution is 6.31. The molecule has 5 heteroatoms. The molecule has 1 aromatic rings. The quantitative estimate of drug-likeness (QED) is 0.861. The van der Waals surface area contributed by atoms with Crippen LogP contribution in [0.4, 0.5) is 0 Å². The van der Waals surface area contributed by atoms with Gasteiger partial charge in [-0.1, -0.05) is 18.0 Å². The van der Waals surface area contributed by atoms with E-state index in [1.807, 2.05) is 4.90 Å². The first-order valence-electron chi connectivity index (χ1n) is 7.30. The largest absolute Gasteiger partial charge is 0.473 e. The molecule has 2 fully saturated rings. The standard InChI is InChI=1S/C15H19ClN2O2/c16-13-5-2-8-17-14(13)20-12-6-9-18(10-7-12)15(19)11-3-1-4-11/h2,5,8,11-12H,1,3-4,6-7,9-10H2. The molecule has 2 heterocycles. The lowest BCUT2D eigenvalue weighted by atomic mass is 9.84. The van der Waals surface area contributed by atoms with E-state index in [2.05, 4.69) is 4.98 Å². The number of aromatic nitrogens is 1. The molecule has 1 saturated heterocycles. The van der Waals surface area contributed by atoms with E-state index in [0.717, 1.165) is 38.8 Å². The molecule has 0 spiro atoms. The van der Waals surface area contributed by atoms with Crippen LogP contribution in [0.1, 0.15) is 32.1 Å². The molecule has 0 radical (unpaired) electrons. The van der Waals surface area contributed by atoms with Crippen LogP contribution in [0.5, 0.6) is 5.88 Å². The number of hydrogen-bond donors (Lipinski definition) is 0. The molecule has 1 amide bonds. The number of nitrogens with zero attached hydrogens (tertiary/aromatic N) is 2. The van der Waals surface area contributed by atoms with Gasteiger partial charge in [-0.15, -0.1) is 0 Å². The van der Waals surface area contributed by atoms with E-state index in [9.17, 15) is 4.79 Å². The molecule has 2 aliphatic rings. The molecule has 0 unspecified atom stereocenters. The monoisotopic (exact) mass is 294 g/mol. The highest BCUT2D eigenvalue weighted by Gasteiger charge is 2.32. The molecule has 0 aromatic carbocycles. The molecule has 0 N–H and O–H groups in total. The van der Waals surface area contributed by atoms with Gasteiger partial charge in [0, 0.05) is 38.0 Å². The summed E-state index contributed by atoms with van der Waals surface area (Å²) in [6, 6.07) is 3.56. The predicted molar refractivity (Wildman–Crippen MR) is 76.8 cm³/mol. The van der Waals surface area contributed by atoms with Crippen LogP contribution < -0.4 is 4.74 Å². The van der Waals surface area contributed by atoms with Crippen molar-refractivity contribution < 1.29 is 9.53 Å². The second kappa shape index (κ2) is 6.00. The maximum absolute atomic E-state index is 12.2. The lowest BCUT2D eigenvalue weighted by Gasteiger charge is -2.36. The smallest absolute Gasteiger partial charge is 0.232 e. The Morgan fingerprint density at radius 2 is 2.05 bits per heavy atom. The Bertz CT molecular complexity index is 483. The van der Waals surface area contributed by atoms with Crippen LogP contribution in [0.3, 0.4) is 0 Å². The summed E-state index contributed by atoms with van der Waals surface area (Å²) in [6.45, 7) is 1.56. The molecule has 20 heavy (non-hydrogen) atoms. The minimum absolute atomic E-state index is 0.104. The van der Waals surface area contributed by atoms with Gasteiger partial charge in [-0.25, -0.2) is 4.98 Å². The van der Waals surface area contributed by atoms with Gasteiger partial charge in [-0.05, 0) is 25.0 Å². The summed E-state index contributed by atoms with van der Waals surface area (Å²) in [5, 5.41) is 0.542. The van der Waals surface area contributed by atoms with Crippen LogP contribution in [0.25, 0.3) is 0 Å². The van der Waals surface area contributed by atoms with E-state index in [-0.39, 0.29) is 12.0 Å². The lowest BCUT2D eigenvalue weighted by molar-refractivity contribution is -0.140. The Hall–Kier alpha value is -1.29. The van der Waals surface area contributed by atoms with Crippen LogP contribution in [-0.2, 0) is 4.79 Å². The van der Waals surface area contributed by atoms with E-state index in [1.165, 1.54) is 6.42 Å². The van der Waals surface area contributed by atoms with Crippen molar-refractivity contribution in [2.24, 2.45) is 5.92 Å². The van der Waals surface area contributed by atoms with Gasteiger partial charge in [0.05, 0.1) is 0 Å². The number of likely N-dealkylation sites (tertiary alicyclic amines) is 1. The van der Waals surface area contributed by atoms with Crippen LogP contribution in [0.15, 0.2) is 18.3 Å². The van der Waals surface area contributed by atoms with Crippen molar-refractivity contribution in [2.45, 2.75) is 38.2 Å². The number of piperidine rings is 1. The second-order valence-electron chi connectivity index (χ2n) is 5.56. The number of carbonyl (C=O) groups excluding carboxylic acids is 1. The first kappa shape index (κ1) is 13.7. The summed E-state index contributed by atoms with van der Waals surface area (Å²) >= 11 is 6.04. The van der Waals surface area contributed by atoms with E-state index in [1.54, 1.807) is 18.3 Å². The van der Waals surface area contributed by atoms with E-state index in [0.29, 0.717) is 16.8 Å². The highest BCUT2D eigenvalue weighted by atomic mass is 35.5. The fourth-order valence-corrected chi connectivity index (χ4v) is 2.89. The third-order valence-corrected chi connectivity index (χ3v) is 4.50. The van der Waals surface area contributed by atoms with Crippen LogP contribution in [0, 0.1) is 5.92 Å². The third-order valence-electron chi connectivity index (χ3n) is 4.21. The normalized spacial score (nSPS) is 20.6. The maximum Gasteiger partial charge on any atom is 0.232 e. The summed E-state index contributed by atoms with van der Waals surface area (Å²) < 4.78 is 5.83. The molecule has 4 nitrogen and oxygen atoms in total. The Balaban J connectivity index is 1.51. The number of hydrogen-bond acceptors (Lipinski definition) is 3. The molecule has 1 aliphatic heterocycles. The molecule has 1 aromatic heterocycles. The molecular formula is C15H19ClN2O2. The van der Waals surface area contributed by atoms with Crippen molar-refractivity contribution in [3.05, 3.63) is 23.4 Å². The SMILES string of the molecule is O=C(C1CCC1)N1CCC(Oc2ncccc2Cl)CC1. The van der Waals surface area contributed by atoms with Gasteiger partial charge in [0.1, 0.15) is 11.1 Å². The van der Waals surface area contributed by atoms with Gasteiger partial charge in [0.2, 0.25) is 11.8 Å². The first-order valence-corrected chi connectivity index (χ1v) is 7.68. The number of halogens is 1. The van der Waals surface area contributed by atoms with E-state index >= 15 is 0 Å². The average molecular weight is 295 g/mol. The van der Waals surface area contributed by atoms with Crippen molar-refractivity contribution in [3.63, 3.8) is 0 Å². The Labute approximate surface area is 124 Å². The predicted octanol–water partition coefficient (Wildman–Crippen LogP) is 2.90. The third kappa shape index (κ3) is 2.90. The fraction of sp³-hybridized carbons (Fsp3) is 0.600. The summed E-state index contributed by atoms with van der Waals surface area (Å²) in [7, 11) is 0. The second-order valence-corrected chi connectivity index (χ2v) is 5.97. The Kier molecular flexibility index (Phi) is 4.10. The Morgan fingerprint density at radius 3 is 2.65 bits per heavy atom. The lowest BCUT2D eigenvalue weighted by Crippen LogP contribution is -2.45. The Morgan fingerprint density at radius 1 is 1.30 bits per heavy atom. The maximum atomic E-state index is 12.2. The highest BCUT2D eigenvalue weighted by Crippen LogP contribution is 2.30. The molecule has 108 valence electrons. The molecule has 3 rings (SSSR count). The summed E-state index contributed by atoms with van der Waals surface area (Å²) in [4.78, 5) is 18.3. The number of pyridine rings is 1. The molecule has 0 atom stereocenters. The number of carbonyl (C=O) groups is 1. The minimum Gasteiger partial charge on any atom is -0.473 e. The number of amides is 1. The van der Waals surface area contributed by atoms with Crippen molar-refractivity contribution in [2.75, 3.05) is 13.1 Å². The van der Waals surface area contributed by atoms with Crippen LogP contribution >= 0.6 is 11.6 Å².